The smallest absolute Gasteiger partial charge is 0.320 e. The first-order chi connectivity index (χ1) is 21.2. The van der Waals surface area contributed by atoms with E-state index in [-0.39, 0.29) is 11.1 Å². The first-order valence-corrected chi connectivity index (χ1v) is 16.0. The lowest BCUT2D eigenvalue weighted by molar-refractivity contribution is -0.232. The van der Waals surface area contributed by atoms with Crippen molar-refractivity contribution in [1.82, 2.24) is 8.75 Å². The molecule has 3 aromatic heterocycles. The van der Waals surface area contributed by atoms with Gasteiger partial charge in [-0.15, -0.1) is 22.7 Å². The number of thiophene rings is 2. The van der Waals surface area contributed by atoms with E-state index in [0.717, 1.165) is 79.1 Å². The Morgan fingerprint density at radius 2 is 0.932 bits per heavy atom. The quantitative estimate of drug-likeness (QED) is 0.151. The van der Waals surface area contributed by atoms with Crippen molar-refractivity contribution in [1.29, 1.82) is 0 Å². The molecule has 6 nitrogen and oxygen atoms in total. The normalized spacial score (nSPS) is 13.0. The second kappa shape index (κ2) is 11.1. The molecule has 3 aromatic carbocycles. The van der Waals surface area contributed by atoms with Gasteiger partial charge in [-0.3, -0.25) is 0 Å². The average molecular weight is 671 g/mol. The molecule has 0 N–H and O–H groups in total. The molecule has 0 radical (unpaired) electrons. The zero-order valence-electron chi connectivity index (χ0n) is 22.7. The summed E-state index contributed by atoms with van der Waals surface area (Å²) >= 11 is 5.18. The summed E-state index contributed by atoms with van der Waals surface area (Å²) in [7, 11) is 1.94. The fourth-order valence-electron chi connectivity index (χ4n) is 4.87. The minimum Gasteiger partial charge on any atom is -0.320 e. The maximum absolute atomic E-state index is 13.9. The molecule has 0 fully saturated rings. The van der Waals surface area contributed by atoms with Gasteiger partial charge in [0.05, 0.1) is 34.2 Å². The summed E-state index contributed by atoms with van der Waals surface area (Å²) in [6.07, 6.45) is -6.72. The van der Waals surface area contributed by atoms with Gasteiger partial charge < -0.3 is 9.47 Å². The summed E-state index contributed by atoms with van der Waals surface area (Å²) in [6, 6.07) is 19.8. The van der Waals surface area contributed by atoms with Crippen LogP contribution in [0, 0.1) is 0 Å². The molecule has 1 aliphatic rings. The molecule has 0 spiro atoms. The lowest BCUT2D eigenvalue weighted by Gasteiger charge is -2.14. The van der Waals surface area contributed by atoms with Crippen molar-refractivity contribution >= 4 is 68.2 Å². The summed E-state index contributed by atoms with van der Waals surface area (Å²) < 4.78 is 82.8. The van der Waals surface area contributed by atoms with Gasteiger partial charge in [0.2, 0.25) is 0 Å². The average Bonchev–Trinajstić information content (AvgIpc) is 3.87. The molecule has 4 heterocycles. The zero-order valence-corrected chi connectivity index (χ0v) is 25.9. The third-order valence-corrected chi connectivity index (χ3v) is 10.5. The fraction of sp³-hybridized carbons (Fsp3) is 0.133. The maximum Gasteiger partial charge on any atom is 0.383 e. The number of benzene rings is 3. The second-order valence-electron chi connectivity index (χ2n) is 9.60. The topological polar surface area (TPSA) is 69.0 Å². The van der Waals surface area contributed by atoms with Gasteiger partial charge in [-0.05, 0) is 59.7 Å². The number of ether oxygens (including phenoxy) is 2. The highest BCUT2D eigenvalue weighted by molar-refractivity contribution is 7.58. The van der Waals surface area contributed by atoms with Crippen LogP contribution in [0.1, 0.15) is 11.1 Å². The van der Waals surface area contributed by atoms with E-state index < -0.39 is 12.2 Å². The van der Waals surface area contributed by atoms with E-state index in [4.69, 9.17) is 0 Å². The monoisotopic (exact) mass is 670 g/mol. The summed E-state index contributed by atoms with van der Waals surface area (Å²) in [5.74, 6) is 0. The van der Waals surface area contributed by atoms with Gasteiger partial charge >= 0.3 is 12.2 Å². The van der Waals surface area contributed by atoms with Crippen molar-refractivity contribution in [2.24, 2.45) is 8.73 Å². The molecular formula is C30H18F4N4O2S4. The van der Waals surface area contributed by atoms with Crippen LogP contribution in [0.2, 0.25) is 0 Å². The number of nitrogens with zero attached hydrogens (tertiary/aromatic N) is 4. The Morgan fingerprint density at radius 1 is 0.545 bits per heavy atom. The van der Waals surface area contributed by atoms with Crippen LogP contribution in [0.5, 0.6) is 0 Å². The molecule has 44 heavy (non-hydrogen) atoms. The predicted molar refractivity (Wildman–Crippen MR) is 168 cm³/mol. The molecule has 6 aromatic rings. The Kier molecular flexibility index (Phi) is 7.30. The Hall–Kier alpha value is -3.66. The number of fused-ring (bicyclic) bond motifs is 2. The molecule has 222 valence electrons. The molecule has 0 saturated heterocycles. The van der Waals surface area contributed by atoms with Gasteiger partial charge in [0.15, 0.2) is 0 Å². The van der Waals surface area contributed by atoms with Crippen LogP contribution < -0.4 is 0 Å². The van der Waals surface area contributed by atoms with Crippen molar-refractivity contribution in [3.8, 4) is 41.8 Å². The highest BCUT2D eigenvalue weighted by atomic mass is 32.1. The number of halogens is 4. The van der Waals surface area contributed by atoms with Crippen LogP contribution >= 0.6 is 34.4 Å². The first-order valence-electron chi connectivity index (χ1n) is 12.9. The Balaban J connectivity index is 1.27. The van der Waals surface area contributed by atoms with Crippen molar-refractivity contribution < 1.29 is 27.0 Å². The molecule has 1 aliphatic heterocycles. The molecule has 0 aliphatic carbocycles. The Morgan fingerprint density at radius 3 is 1.32 bits per heavy atom. The number of alkyl halides is 4. The number of aromatic nitrogens is 2. The van der Waals surface area contributed by atoms with Crippen molar-refractivity contribution in [3.63, 3.8) is 0 Å². The third kappa shape index (κ3) is 4.91. The Bertz CT molecular complexity index is 1950. The second-order valence-corrected chi connectivity index (χ2v) is 12.8. The lowest BCUT2D eigenvalue weighted by Crippen LogP contribution is -2.15. The molecule has 14 heteroatoms. The third-order valence-electron chi connectivity index (χ3n) is 7.15. The Labute approximate surface area is 263 Å². The molecule has 0 amide bonds. The zero-order chi connectivity index (χ0) is 30.6. The number of methoxy groups -OCH3 is 2. The van der Waals surface area contributed by atoms with Gasteiger partial charge in [-0.25, -0.2) is 0 Å². The predicted octanol–water partition coefficient (Wildman–Crippen LogP) is 10.6. The molecule has 7 rings (SSSR count). The molecule has 0 bridgehead atoms. The van der Waals surface area contributed by atoms with Crippen LogP contribution in [0.3, 0.4) is 0 Å². The summed E-state index contributed by atoms with van der Waals surface area (Å²) in [5, 5.41) is 0. The van der Waals surface area contributed by atoms with Crippen LogP contribution in [0.4, 0.5) is 28.9 Å². The minimum absolute atomic E-state index is 0.219. The number of hydrogen-bond donors (Lipinski definition) is 0. The fourth-order valence-corrected chi connectivity index (χ4v) is 8.11. The molecule has 0 unspecified atom stereocenters. The highest BCUT2D eigenvalue weighted by Crippen LogP contribution is 2.54. The SMILES string of the molecule is COC(F)(F)c1ccc(-c2ccc(-c3c4c(c(-c5ccc(-c6ccc(C(F)(F)OC)cc6)s5)c5nsnc35)N=S=N4)s2)cc1. The largest absolute Gasteiger partial charge is 0.383 e. The van der Waals surface area contributed by atoms with Crippen molar-refractivity contribution in [2.75, 3.05) is 14.2 Å². The van der Waals surface area contributed by atoms with E-state index in [1.54, 1.807) is 24.3 Å². The first kappa shape index (κ1) is 29.1. The summed E-state index contributed by atoms with van der Waals surface area (Å²) in [4.78, 5) is 3.57. The number of hydrogen-bond acceptors (Lipinski definition) is 9. The van der Waals surface area contributed by atoms with Crippen molar-refractivity contribution in [2.45, 2.75) is 12.2 Å². The maximum atomic E-state index is 13.9. The van der Waals surface area contributed by atoms with Gasteiger partial charge in [0.25, 0.3) is 0 Å². The van der Waals surface area contributed by atoms with Crippen LogP contribution in [-0.2, 0) is 33.0 Å². The van der Waals surface area contributed by atoms with E-state index in [1.165, 1.54) is 46.9 Å². The van der Waals surface area contributed by atoms with Gasteiger partial charge in [0.1, 0.15) is 22.4 Å². The van der Waals surface area contributed by atoms with E-state index in [1.807, 2.05) is 24.3 Å². The molecule has 0 atom stereocenters. The molecular weight excluding hydrogens is 653 g/mol. The van der Waals surface area contributed by atoms with E-state index >= 15 is 0 Å². The van der Waals surface area contributed by atoms with Crippen LogP contribution in [-0.4, -0.2) is 23.0 Å². The summed E-state index contributed by atoms with van der Waals surface area (Å²) in [5.41, 5.74) is 5.52. The van der Waals surface area contributed by atoms with Gasteiger partial charge in [-0.2, -0.15) is 35.0 Å². The van der Waals surface area contributed by atoms with E-state index in [9.17, 15) is 17.6 Å². The van der Waals surface area contributed by atoms with Gasteiger partial charge in [0, 0.05) is 44.9 Å². The van der Waals surface area contributed by atoms with Gasteiger partial charge in [-0.1, -0.05) is 24.3 Å². The minimum atomic E-state index is -3.36. The summed E-state index contributed by atoms with van der Waals surface area (Å²) in [6.45, 7) is 0. The van der Waals surface area contributed by atoms with Crippen molar-refractivity contribution in [3.05, 3.63) is 83.9 Å². The van der Waals surface area contributed by atoms with Crippen LogP contribution in [0.25, 0.3) is 52.8 Å². The highest BCUT2D eigenvalue weighted by Gasteiger charge is 2.32. The lowest BCUT2D eigenvalue weighted by atomic mass is 10.0. The van der Waals surface area contributed by atoms with Crippen LogP contribution in [0.15, 0.2) is 81.5 Å². The number of rotatable bonds is 8. The molecule has 0 saturated carbocycles. The standard InChI is InChI=1S/C30H18F4N4O2S4/c1-39-29(31,32)17-7-3-15(4-8-17)19-11-13-21(41-19)23-25-27(37-43-35-25)24(28-26(23)36-44-38-28)22-14-12-20(42-22)16-5-9-18(10-6-16)30(33,34)40-2/h3-14H,1-2H3. The van der Waals surface area contributed by atoms with E-state index in [2.05, 4.69) is 26.9 Å². The van der Waals surface area contributed by atoms with E-state index in [0.29, 0.717) is 22.4 Å².